The van der Waals surface area contributed by atoms with Crippen LogP contribution in [0.15, 0.2) is 59.5 Å². The van der Waals surface area contributed by atoms with Gasteiger partial charge in [-0.2, -0.15) is 0 Å². The predicted molar refractivity (Wildman–Crippen MR) is 91.0 cm³/mol. The average molecular weight is 315 g/mol. The van der Waals surface area contributed by atoms with E-state index in [-0.39, 0.29) is 17.7 Å². The molecule has 2 aromatic rings. The van der Waals surface area contributed by atoms with Crippen LogP contribution in [0.2, 0.25) is 0 Å². The lowest BCUT2D eigenvalue weighted by Gasteiger charge is -2.27. The summed E-state index contributed by atoms with van der Waals surface area (Å²) in [7, 11) is 0. The van der Waals surface area contributed by atoms with E-state index < -0.39 is 0 Å². The Labute approximate surface area is 136 Å². The number of hydrogen-bond acceptors (Lipinski definition) is 3. The Morgan fingerprint density at radius 2 is 1.73 bits per heavy atom. The highest BCUT2D eigenvalue weighted by atomic mass is 32.2. The van der Waals surface area contributed by atoms with Crippen molar-refractivity contribution in [2.45, 2.75) is 31.3 Å². The first-order valence-corrected chi connectivity index (χ1v) is 8.30. The Hall–Kier alpha value is -1.94. The van der Waals surface area contributed by atoms with Crippen LogP contribution < -0.4 is 0 Å². The van der Waals surface area contributed by atoms with Crippen molar-refractivity contribution in [1.82, 2.24) is 4.90 Å². The van der Waals surface area contributed by atoms with Gasteiger partial charge in [-0.15, -0.1) is 11.8 Å². The lowest BCUT2D eigenvalue weighted by molar-refractivity contribution is -0.130. The molecule has 4 heteroatoms. The van der Waals surface area contributed by atoms with Crippen LogP contribution in [-0.2, 0) is 11.3 Å². The summed E-state index contributed by atoms with van der Waals surface area (Å²) in [6.07, 6.45) is 0. The average Bonchev–Trinajstić information content (AvgIpc) is 2.52. The summed E-state index contributed by atoms with van der Waals surface area (Å²) in [5.41, 5.74) is 1.14. The van der Waals surface area contributed by atoms with Crippen molar-refractivity contribution in [3.63, 3.8) is 0 Å². The predicted octanol–water partition coefficient (Wildman–Crippen LogP) is 3.92. The fourth-order valence-corrected chi connectivity index (χ4v) is 2.89. The topological polar surface area (TPSA) is 40.5 Å². The standard InChI is InChI=1S/C18H21NO2S/c1-14(2)19(12-15-6-4-3-5-7-15)18(21)13-22-17-10-8-16(20)9-11-17/h3-11,14,20H,12-13H2,1-2H3. The normalized spacial score (nSPS) is 10.7. The van der Waals surface area contributed by atoms with E-state index in [2.05, 4.69) is 0 Å². The molecule has 0 aliphatic carbocycles. The highest BCUT2D eigenvalue weighted by Gasteiger charge is 2.17. The Morgan fingerprint density at radius 1 is 1.09 bits per heavy atom. The van der Waals surface area contributed by atoms with Crippen LogP contribution >= 0.6 is 11.8 Å². The summed E-state index contributed by atoms with van der Waals surface area (Å²) in [5.74, 6) is 0.760. The molecule has 2 rings (SSSR count). The zero-order valence-electron chi connectivity index (χ0n) is 12.9. The van der Waals surface area contributed by atoms with Crippen LogP contribution in [0.1, 0.15) is 19.4 Å². The van der Waals surface area contributed by atoms with E-state index in [1.165, 1.54) is 11.8 Å². The molecule has 0 fully saturated rings. The molecule has 0 spiro atoms. The van der Waals surface area contributed by atoms with Crippen LogP contribution in [0.5, 0.6) is 5.75 Å². The zero-order chi connectivity index (χ0) is 15.9. The van der Waals surface area contributed by atoms with Gasteiger partial charge in [0.15, 0.2) is 0 Å². The number of aromatic hydroxyl groups is 1. The van der Waals surface area contributed by atoms with Gasteiger partial charge in [0.1, 0.15) is 5.75 Å². The molecule has 3 nitrogen and oxygen atoms in total. The maximum absolute atomic E-state index is 12.5. The third-order valence-corrected chi connectivity index (χ3v) is 4.34. The number of phenols is 1. The molecule has 116 valence electrons. The first-order valence-electron chi connectivity index (χ1n) is 7.31. The van der Waals surface area contributed by atoms with Crippen molar-refractivity contribution in [3.8, 4) is 5.75 Å². The maximum atomic E-state index is 12.5. The SMILES string of the molecule is CC(C)N(Cc1ccccc1)C(=O)CSc1ccc(O)cc1. The smallest absolute Gasteiger partial charge is 0.233 e. The number of hydrogen-bond donors (Lipinski definition) is 1. The number of carbonyl (C=O) groups is 1. The number of phenolic OH excluding ortho intramolecular Hbond substituents is 1. The molecule has 0 atom stereocenters. The van der Waals surface area contributed by atoms with Gasteiger partial charge in [0.2, 0.25) is 5.91 Å². The molecule has 0 saturated heterocycles. The molecule has 0 aliphatic heterocycles. The lowest BCUT2D eigenvalue weighted by atomic mass is 10.2. The van der Waals surface area contributed by atoms with Gasteiger partial charge in [-0.25, -0.2) is 0 Å². The summed E-state index contributed by atoms with van der Waals surface area (Å²) < 4.78 is 0. The molecule has 0 aromatic heterocycles. The summed E-state index contributed by atoms with van der Waals surface area (Å²) >= 11 is 1.49. The van der Waals surface area contributed by atoms with Crippen LogP contribution in [0.25, 0.3) is 0 Å². The number of rotatable bonds is 6. The molecule has 1 amide bonds. The number of benzene rings is 2. The number of amides is 1. The quantitative estimate of drug-likeness (QED) is 0.821. The molecule has 0 heterocycles. The Bertz CT molecular complexity index is 596. The number of carbonyl (C=O) groups excluding carboxylic acids is 1. The first-order chi connectivity index (χ1) is 10.6. The maximum Gasteiger partial charge on any atom is 0.233 e. The van der Waals surface area contributed by atoms with Gasteiger partial charge in [-0.1, -0.05) is 30.3 Å². The third kappa shape index (κ3) is 4.81. The molecule has 0 unspecified atom stereocenters. The molecule has 22 heavy (non-hydrogen) atoms. The molecular weight excluding hydrogens is 294 g/mol. The van der Waals surface area contributed by atoms with E-state index in [1.54, 1.807) is 12.1 Å². The van der Waals surface area contributed by atoms with Gasteiger partial charge in [0, 0.05) is 17.5 Å². The number of thioether (sulfide) groups is 1. The van der Waals surface area contributed by atoms with Crippen molar-refractivity contribution in [1.29, 1.82) is 0 Å². The van der Waals surface area contributed by atoms with Gasteiger partial charge >= 0.3 is 0 Å². The van der Waals surface area contributed by atoms with Crippen molar-refractivity contribution < 1.29 is 9.90 Å². The Balaban J connectivity index is 1.96. The fourth-order valence-electron chi connectivity index (χ4n) is 2.11. The molecule has 0 bridgehead atoms. The third-order valence-electron chi connectivity index (χ3n) is 3.34. The van der Waals surface area contributed by atoms with Crippen LogP contribution in [-0.4, -0.2) is 27.7 Å². The molecule has 0 aliphatic rings. The van der Waals surface area contributed by atoms with Gasteiger partial charge in [-0.3, -0.25) is 4.79 Å². The monoisotopic (exact) mass is 315 g/mol. The second-order valence-corrected chi connectivity index (χ2v) is 6.43. The fraction of sp³-hybridized carbons (Fsp3) is 0.278. The largest absolute Gasteiger partial charge is 0.508 e. The van der Waals surface area contributed by atoms with Crippen molar-refractivity contribution in [2.24, 2.45) is 0 Å². The van der Waals surface area contributed by atoms with Crippen LogP contribution in [0, 0.1) is 0 Å². The molecule has 0 radical (unpaired) electrons. The van der Waals surface area contributed by atoms with E-state index in [0.717, 1.165) is 10.5 Å². The highest BCUT2D eigenvalue weighted by Crippen LogP contribution is 2.21. The van der Waals surface area contributed by atoms with E-state index in [9.17, 15) is 9.90 Å². The molecule has 0 saturated carbocycles. The lowest BCUT2D eigenvalue weighted by Crippen LogP contribution is -2.37. The van der Waals surface area contributed by atoms with Gasteiger partial charge in [0.05, 0.1) is 5.75 Å². The summed E-state index contributed by atoms with van der Waals surface area (Å²) in [6.45, 7) is 4.70. The van der Waals surface area contributed by atoms with E-state index in [1.807, 2.05) is 61.2 Å². The van der Waals surface area contributed by atoms with Crippen LogP contribution in [0.3, 0.4) is 0 Å². The summed E-state index contributed by atoms with van der Waals surface area (Å²) in [6, 6.07) is 17.1. The minimum atomic E-state index is 0.122. The number of nitrogens with zero attached hydrogens (tertiary/aromatic N) is 1. The van der Waals surface area contributed by atoms with E-state index in [0.29, 0.717) is 12.3 Å². The Morgan fingerprint density at radius 3 is 2.32 bits per heavy atom. The second kappa shape index (κ2) is 7.90. The second-order valence-electron chi connectivity index (χ2n) is 5.38. The highest BCUT2D eigenvalue weighted by molar-refractivity contribution is 8.00. The van der Waals surface area contributed by atoms with Crippen molar-refractivity contribution in [2.75, 3.05) is 5.75 Å². The van der Waals surface area contributed by atoms with Crippen LogP contribution in [0.4, 0.5) is 0 Å². The summed E-state index contributed by atoms with van der Waals surface area (Å²) in [5, 5.41) is 9.27. The van der Waals surface area contributed by atoms with E-state index >= 15 is 0 Å². The van der Waals surface area contributed by atoms with Gasteiger partial charge < -0.3 is 10.0 Å². The first kappa shape index (κ1) is 16.4. The zero-order valence-corrected chi connectivity index (χ0v) is 13.7. The van der Waals surface area contributed by atoms with Crippen molar-refractivity contribution >= 4 is 17.7 Å². The molecule has 1 N–H and O–H groups in total. The summed E-state index contributed by atoms with van der Waals surface area (Å²) in [4.78, 5) is 15.4. The minimum Gasteiger partial charge on any atom is -0.508 e. The van der Waals surface area contributed by atoms with E-state index in [4.69, 9.17) is 0 Å². The molecule has 2 aromatic carbocycles. The van der Waals surface area contributed by atoms with Gasteiger partial charge in [0.25, 0.3) is 0 Å². The minimum absolute atomic E-state index is 0.122. The Kier molecular flexibility index (Phi) is 5.90. The van der Waals surface area contributed by atoms with Crippen molar-refractivity contribution in [3.05, 3.63) is 60.2 Å². The molecular formula is C18H21NO2S. The van der Waals surface area contributed by atoms with Gasteiger partial charge in [-0.05, 0) is 43.7 Å².